The monoisotopic (exact) mass is 505 g/mol. The number of amides is 3. The molecule has 0 aliphatic rings. The molecule has 1 aromatic heterocycles. The van der Waals surface area contributed by atoms with Gasteiger partial charge in [-0.1, -0.05) is 48.9 Å². The van der Waals surface area contributed by atoms with Crippen LogP contribution in [-0.4, -0.2) is 29.8 Å². The minimum atomic E-state index is -0.913. The predicted molar refractivity (Wildman–Crippen MR) is 146 cm³/mol. The number of benzene rings is 2. The summed E-state index contributed by atoms with van der Waals surface area (Å²) in [4.78, 5) is 42.2. The number of rotatable bonds is 9. The zero-order valence-electron chi connectivity index (χ0n) is 21.8. The summed E-state index contributed by atoms with van der Waals surface area (Å²) in [7, 11) is 0. The smallest absolute Gasteiger partial charge is 0.261 e. The number of thiophene rings is 1. The summed E-state index contributed by atoms with van der Waals surface area (Å²) in [5.41, 5.74) is 3.86. The molecule has 1 heterocycles. The van der Waals surface area contributed by atoms with E-state index in [1.165, 1.54) is 16.2 Å². The summed E-state index contributed by atoms with van der Waals surface area (Å²) in [6.45, 7) is 11.6. The minimum Gasteiger partial charge on any atom is -0.349 e. The van der Waals surface area contributed by atoms with E-state index in [1.807, 2.05) is 89.4 Å². The zero-order chi connectivity index (χ0) is 26.5. The lowest BCUT2D eigenvalue weighted by Crippen LogP contribution is -2.52. The van der Waals surface area contributed by atoms with Crippen LogP contribution >= 0.6 is 11.3 Å². The number of nitrogens with zero attached hydrogens (tertiary/aromatic N) is 1. The molecule has 2 N–H and O–H groups in total. The van der Waals surface area contributed by atoms with Crippen LogP contribution in [0.15, 0.2) is 60.0 Å². The van der Waals surface area contributed by atoms with E-state index in [1.54, 1.807) is 12.1 Å². The predicted octanol–water partition coefficient (Wildman–Crippen LogP) is 5.48. The number of nitrogens with one attached hydrogen (secondary N) is 2. The lowest BCUT2D eigenvalue weighted by atomic mass is 9.97. The Bertz CT molecular complexity index is 1200. The highest BCUT2D eigenvalue weighted by Crippen LogP contribution is 2.31. The Morgan fingerprint density at radius 1 is 0.944 bits per heavy atom. The summed E-state index contributed by atoms with van der Waals surface area (Å²) < 4.78 is 0. The molecular weight excluding hydrogens is 470 g/mol. The van der Waals surface area contributed by atoms with Crippen LogP contribution in [0.4, 0.5) is 5.69 Å². The van der Waals surface area contributed by atoms with E-state index in [0.29, 0.717) is 16.1 Å². The fourth-order valence-corrected chi connectivity index (χ4v) is 4.56. The molecule has 0 fully saturated rings. The van der Waals surface area contributed by atoms with Crippen LogP contribution in [0.25, 0.3) is 0 Å². The van der Waals surface area contributed by atoms with Gasteiger partial charge in [0.2, 0.25) is 11.8 Å². The first kappa shape index (κ1) is 27.1. The summed E-state index contributed by atoms with van der Waals surface area (Å²) in [5.74, 6) is -0.968. The van der Waals surface area contributed by atoms with Gasteiger partial charge in [0.25, 0.3) is 5.91 Å². The van der Waals surface area contributed by atoms with E-state index < -0.39 is 11.6 Å². The highest BCUT2D eigenvalue weighted by molar-refractivity contribution is 7.12. The van der Waals surface area contributed by atoms with Gasteiger partial charge in [-0.3, -0.25) is 19.3 Å². The zero-order valence-corrected chi connectivity index (χ0v) is 22.7. The number of carbonyl (C=O) groups excluding carboxylic acids is 3. The van der Waals surface area contributed by atoms with E-state index in [-0.39, 0.29) is 24.3 Å². The normalized spacial score (nSPS) is 12.1. The molecule has 2 aromatic carbocycles. The maximum atomic E-state index is 13.8. The van der Waals surface area contributed by atoms with Crippen molar-refractivity contribution in [2.24, 2.45) is 0 Å². The van der Waals surface area contributed by atoms with Crippen LogP contribution in [0, 0.1) is 20.8 Å². The molecule has 3 amide bonds. The lowest BCUT2D eigenvalue weighted by molar-refractivity contribution is -0.127. The molecule has 3 aromatic rings. The van der Waals surface area contributed by atoms with Crippen LogP contribution in [0.2, 0.25) is 0 Å². The number of anilines is 1. The molecule has 1 atom stereocenters. The minimum absolute atomic E-state index is 0.240. The Hall–Kier alpha value is -3.45. The quantitative estimate of drug-likeness (QED) is 0.404. The topological polar surface area (TPSA) is 78.5 Å². The van der Waals surface area contributed by atoms with Gasteiger partial charge in [0.15, 0.2) is 0 Å². The molecule has 3 rings (SSSR count). The van der Waals surface area contributed by atoms with Gasteiger partial charge >= 0.3 is 0 Å². The fraction of sp³-hybridized carbons (Fsp3) is 0.345. The van der Waals surface area contributed by atoms with Crippen LogP contribution in [-0.2, 0) is 9.59 Å². The number of carbonyl (C=O) groups is 3. The second-order valence-electron chi connectivity index (χ2n) is 9.81. The highest BCUT2D eigenvalue weighted by Gasteiger charge is 2.35. The maximum absolute atomic E-state index is 13.8. The van der Waals surface area contributed by atoms with Gasteiger partial charge in [0.05, 0.1) is 11.4 Å². The van der Waals surface area contributed by atoms with Crippen molar-refractivity contribution in [2.75, 3.05) is 11.4 Å². The molecule has 0 unspecified atom stereocenters. The SMILES string of the molecule is CCC(C)(C)NC(=O)[C@H](c1ccc(C)cc1)N(C(=O)CNC(=O)c1cccs1)c1cc(C)cc(C)c1. The van der Waals surface area contributed by atoms with E-state index in [2.05, 4.69) is 10.6 Å². The molecule has 0 spiro atoms. The molecular formula is C29H35N3O3S. The van der Waals surface area contributed by atoms with Crippen molar-refractivity contribution in [3.05, 3.63) is 87.1 Å². The van der Waals surface area contributed by atoms with Crippen molar-refractivity contribution in [1.82, 2.24) is 10.6 Å². The first-order chi connectivity index (χ1) is 17.0. The second-order valence-corrected chi connectivity index (χ2v) is 10.8. The Morgan fingerprint density at radius 3 is 2.14 bits per heavy atom. The molecule has 0 radical (unpaired) electrons. The van der Waals surface area contributed by atoms with E-state index in [9.17, 15) is 14.4 Å². The number of hydrogen-bond acceptors (Lipinski definition) is 4. The Kier molecular flexibility index (Phi) is 8.69. The summed E-state index contributed by atoms with van der Waals surface area (Å²) >= 11 is 1.31. The first-order valence-corrected chi connectivity index (χ1v) is 13.0. The molecule has 0 aliphatic carbocycles. The average Bonchev–Trinajstić information content (AvgIpc) is 3.35. The van der Waals surface area contributed by atoms with Gasteiger partial charge in [-0.2, -0.15) is 0 Å². The van der Waals surface area contributed by atoms with E-state index in [4.69, 9.17) is 0 Å². The molecule has 6 nitrogen and oxygen atoms in total. The van der Waals surface area contributed by atoms with Crippen LogP contribution in [0.5, 0.6) is 0 Å². The van der Waals surface area contributed by atoms with Crippen molar-refractivity contribution in [3.8, 4) is 0 Å². The van der Waals surface area contributed by atoms with Crippen molar-refractivity contribution in [2.45, 2.75) is 59.5 Å². The van der Waals surface area contributed by atoms with Crippen molar-refractivity contribution >= 4 is 34.7 Å². The maximum Gasteiger partial charge on any atom is 0.261 e. The van der Waals surface area contributed by atoms with Gasteiger partial charge in [0.1, 0.15) is 6.04 Å². The molecule has 0 saturated carbocycles. The van der Waals surface area contributed by atoms with Crippen LogP contribution in [0.1, 0.15) is 65.2 Å². The average molecular weight is 506 g/mol. The largest absolute Gasteiger partial charge is 0.349 e. The molecule has 190 valence electrons. The third kappa shape index (κ3) is 6.82. The van der Waals surface area contributed by atoms with Gasteiger partial charge in [-0.05, 0) is 81.3 Å². The highest BCUT2D eigenvalue weighted by atomic mass is 32.1. The van der Waals surface area contributed by atoms with Gasteiger partial charge in [-0.15, -0.1) is 11.3 Å². The van der Waals surface area contributed by atoms with Crippen molar-refractivity contribution in [3.63, 3.8) is 0 Å². The standard InChI is InChI=1S/C29H35N3O3S/c1-7-29(5,6)31-28(35)26(22-12-10-19(2)11-13-22)32(23-16-20(3)15-21(4)17-23)25(33)18-30-27(34)24-9-8-14-36-24/h8-17,26H,7,18H2,1-6H3,(H,30,34)(H,31,35)/t26-/m0/s1. The fourth-order valence-electron chi connectivity index (χ4n) is 3.92. The Balaban J connectivity index is 2.07. The first-order valence-electron chi connectivity index (χ1n) is 12.1. The number of aryl methyl sites for hydroxylation is 3. The van der Waals surface area contributed by atoms with Crippen LogP contribution in [0.3, 0.4) is 0 Å². The van der Waals surface area contributed by atoms with Gasteiger partial charge in [0, 0.05) is 11.2 Å². The van der Waals surface area contributed by atoms with Crippen molar-refractivity contribution in [1.29, 1.82) is 0 Å². The second kappa shape index (κ2) is 11.5. The van der Waals surface area contributed by atoms with E-state index >= 15 is 0 Å². The Morgan fingerprint density at radius 2 is 1.58 bits per heavy atom. The summed E-state index contributed by atoms with van der Waals surface area (Å²) in [6.07, 6.45) is 0.730. The molecule has 36 heavy (non-hydrogen) atoms. The molecule has 0 saturated heterocycles. The molecule has 0 aliphatic heterocycles. The third-order valence-corrected chi connectivity index (χ3v) is 7.01. The van der Waals surface area contributed by atoms with E-state index in [0.717, 1.165) is 23.1 Å². The number of hydrogen-bond donors (Lipinski definition) is 2. The Labute approximate surface area is 217 Å². The lowest BCUT2D eigenvalue weighted by Gasteiger charge is -2.35. The van der Waals surface area contributed by atoms with Gasteiger partial charge < -0.3 is 10.6 Å². The summed E-state index contributed by atoms with van der Waals surface area (Å²) in [5, 5.41) is 7.66. The van der Waals surface area contributed by atoms with Crippen LogP contribution < -0.4 is 15.5 Å². The van der Waals surface area contributed by atoms with Gasteiger partial charge in [-0.25, -0.2) is 0 Å². The summed E-state index contributed by atoms with van der Waals surface area (Å²) in [6, 6.07) is 16.0. The third-order valence-electron chi connectivity index (χ3n) is 6.14. The van der Waals surface area contributed by atoms with Crippen molar-refractivity contribution < 1.29 is 14.4 Å². The molecule has 7 heteroatoms. The molecule has 0 bridgehead atoms.